The van der Waals surface area contributed by atoms with E-state index in [1.807, 2.05) is 22.7 Å². The Morgan fingerprint density at radius 1 is 1.32 bits per heavy atom. The summed E-state index contributed by atoms with van der Waals surface area (Å²) in [6, 6.07) is 3.67. The van der Waals surface area contributed by atoms with E-state index < -0.39 is 5.97 Å². The number of nitrogens with zero attached hydrogens (tertiary/aromatic N) is 2. The minimum absolute atomic E-state index is 0.160. The second-order valence-corrected chi connectivity index (χ2v) is 5.98. The fraction of sp³-hybridized carbons (Fsp3) is 0.429. The second kappa shape index (κ2) is 4.96. The van der Waals surface area contributed by atoms with Crippen molar-refractivity contribution in [2.75, 3.05) is 0 Å². The average Bonchev–Trinajstić information content (AvgIpc) is 2.78. The largest absolute Gasteiger partial charge is 0.476 e. The molecule has 0 bridgehead atoms. The molecule has 4 nitrogen and oxygen atoms in total. The first kappa shape index (κ1) is 12.7. The van der Waals surface area contributed by atoms with Crippen molar-refractivity contribution < 1.29 is 9.90 Å². The molecule has 1 aliphatic rings. The van der Waals surface area contributed by atoms with Crippen LogP contribution in [0.4, 0.5) is 0 Å². The fourth-order valence-electron chi connectivity index (χ4n) is 2.89. The third-order valence-electron chi connectivity index (χ3n) is 3.80. The molecule has 0 spiro atoms. The molecule has 0 amide bonds. The molecule has 1 saturated carbocycles. The van der Waals surface area contributed by atoms with Crippen molar-refractivity contribution in [3.05, 3.63) is 34.3 Å². The van der Waals surface area contributed by atoms with Crippen LogP contribution in [0.25, 0.3) is 5.52 Å². The van der Waals surface area contributed by atoms with Gasteiger partial charge in [0.25, 0.3) is 0 Å². The number of pyridine rings is 1. The van der Waals surface area contributed by atoms with Crippen LogP contribution in [0.15, 0.2) is 22.8 Å². The van der Waals surface area contributed by atoms with Crippen molar-refractivity contribution in [2.45, 2.75) is 38.0 Å². The summed E-state index contributed by atoms with van der Waals surface area (Å²) in [6.07, 6.45) is 7.80. The molecule has 1 fully saturated rings. The summed E-state index contributed by atoms with van der Waals surface area (Å²) in [5.41, 5.74) is 0.837. The lowest BCUT2D eigenvalue weighted by molar-refractivity contribution is 0.0693. The zero-order valence-electron chi connectivity index (χ0n) is 10.5. The first-order valence-corrected chi connectivity index (χ1v) is 7.37. The number of imidazole rings is 1. The summed E-state index contributed by atoms with van der Waals surface area (Å²) in [5.74, 6) is 0.318. The molecule has 0 saturated heterocycles. The molecule has 0 aliphatic heterocycles. The molecular weight excluding hydrogens is 308 g/mol. The number of hydrogen-bond donors (Lipinski definition) is 1. The Kier molecular flexibility index (Phi) is 3.31. The topological polar surface area (TPSA) is 54.6 Å². The van der Waals surface area contributed by atoms with Crippen LogP contribution in [0.5, 0.6) is 0 Å². The Morgan fingerprint density at radius 3 is 2.74 bits per heavy atom. The number of aromatic nitrogens is 2. The van der Waals surface area contributed by atoms with Gasteiger partial charge in [0.05, 0.1) is 5.52 Å². The molecule has 0 unspecified atom stereocenters. The quantitative estimate of drug-likeness (QED) is 0.913. The van der Waals surface area contributed by atoms with Gasteiger partial charge in [0.2, 0.25) is 0 Å². The standard InChI is InChI=1S/C14H15BrN2O2/c15-10-6-7-11-12(14(18)19)16-13(17(11)8-10)9-4-2-1-3-5-9/h6-9H,1-5H2,(H,18,19). The van der Waals surface area contributed by atoms with E-state index in [9.17, 15) is 9.90 Å². The fourth-order valence-corrected chi connectivity index (χ4v) is 3.23. The van der Waals surface area contributed by atoms with Gasteiger partial charge in [-0.15, -0.1) is 0 Å². The van der Waals surface area contributed by atoms with Crippen molar-refractivity contribution in [3.63, 3.8) is 0 Å². The highest BCUT2D eigenvalue weighted by molar-refractivity contribution is 9.10. The van der Waals surface area contributed by atoms with Crippen LogP contribution in [0.2, 0.25) is 0 Å². The van der Waals surface area contributed by atoms with Crippen LogP contribution in [0.1, 0.15) is 54.3 Å². The molecule has 2 aromatic heterocycles. The van der Waals surface area contributed by atoms with Crippen LogP contribution in [-0.4, -0.2) is 20.5 Å². The van der Waals surface area contributed by atoms with E-state index in [4.69, 9.17) is 0 Å². The number of halogens is 1. The van der Waals surface area contributed by atoms with Gasteiger partial charge < -0.3 is 9.51 Å². The van der Waals surface area contributed by atoms with E-state index in [2.05, 4.69) is 20.9 Å². The summed E-state index contributed by atoms with van der Waals surface area (Å²) >= 11 is 3.44. The number of carboxylic acid groups (broad SMARTS) is 1. The van der Waals surface area contributed by atoms with Crippen molar-refractivity contribution in [3.8, 4) is 0 Å². The highest BCUT2D eigenvalue weighted by atomic mass is 79.9. The number of rotatable bonds is 2. The molecule has 0 atom stereocenters. The molecule has 0 aromatic carbocycles. The van der Waals surface area contributed by atoms with E-state index in [0.717, 1.165) is 23.1 Å². The molecule has 2 aromatic rings. The lowest BCUT2D eigenvalue weighted by Gasteiger charge is -2.20. The number of fused-ring (bicyclic) bond motifs is 1. The van der Waals surface area contributed by atoms with Crippen LogP contribution in [-0.2, 0) is 0 Å². The SMILES string of the molecule is O=C(O)c1nc(C2CCCCC2)n2cc(Br)ccc12. The summed E-state index contributed by atoms with van der Waals surface area (Å²) in [4.78, 5) is 15.7. The third kappa shape index (κ3) is 2.27. The Bertz CT molecular complexity index is 630. The highest BCUT2D eigenvalue weighted by Crippen LogP contribution is 2.33. The molecule has 1 aliphatic carbocycles. The number of aromatic carboxylic acids is 1. The van der Waals surface area contributed by atoms with Crippen LogP contribution in [0, 0.1) is 0 Å². The summed E-state index contributed by atoms with van der Waals surface area (Å²) in [5, 5.41) is 9.28. The molecule has 0 radical (unpaired) electrons. The first-order valence-electron chi connectivity index (χ1n) is 6.57. The predicted molar refractivity (Wildman–Crippen MR) is 75.7 cm³/mol. The van der Waals surface area contributed by atoms with Gasteiger partial charge in [-0.25, -0.2) is 9.78 Å². The van der Waals surface area contributed by atoms with E-state index >= 15 is 0 Å². The lowest BCUT2D eigenvalue weighted by Crippen LogP contribution is -2.08. The van der Waals surface area contributed by atoms with E-state index in [0.29, 0.717) is 11.4 Å². The minimum Gasteiger partial charge on any atom is -0.476 e. The summed E-state index contributed by atoms with van der Waals surface area (Å²) < 4.78 is 2.87. The number of hydrogen-bond acceptors (Lipinski definition) is 2. The van der Waals surface area contributed by atoms with Crippen LogP contribution < -0.4 is 0 Å². The molecular formula is C14H15BrN2O2. The van der Waals surface area contributed by atoms with Gasteiger partial charge in [0.1, 0.15) is 5.82 Å². The Balaban J connectivity index is 2.17. The van der Waals surface area contributed by atoms with Gasteiger partial charge in [-0.2, -0.15) is 0 Å². The Labute approximate surface area is 119 Å². The van der Waals surface area contributed by atoms with E-state index in [1.54, 1.807) is 0 Å². The minimum atomic E-state index is -0.957. The monoisotopic (exact) mass is 322 g/mol. The van der Waals surface area contributed by atoms with Gasteiger partial charge in [0.15, 0.2) is 5.69 Å². The smallest absolute Gasteiger partial charge is 0.356 e. The van der Waals surface area contributed by atoms with Crippen LogP contribution >= 0.6 is 15.9 Å². The van der Waals surface area contributed by atoms with Crippen molar-refractivity contribution >= 4 is 27.4 Å². The van der Waals surface area contributed by atoms with Crippen molar-refractivity contribution in [1.29, 1.82) is 0 Å². The van der Waals surface area contributed by atoms with E-state index in [-0.39, 0.29) is 5.69 Å². The van der Waals surface area contributed by atoms with Crippen molar-refractivity contribution in [2.24, 2.45) is 0 Å². The van der Waals surface area contributed by atoms with Gasteiger partial charge in [-0.1, -0.05) is 19.3 Å². The van der Waals surface area contributed by atoms with Gasteiger partial charge in [-0.3, -0.25) is 0 Å². The van der Waals surface area contributed by atoms with Crippen molar-refractivity contribution in [1.82, 2.24) is 9.38 Å². The Hall–Kier alpha value is -1.36. The lowest BCUT2D eigenvalue weighted by atomic mass is 9.89. The van der Waals surface area contributed by atoms with Crippen LogP contribution in [0.3, 0.4) is 0 Å². The predicted octanol–water partition coefficient (Wildman–Crippen LogP) is 3.84. The maximum Gasteiger partial charge on any atom is 0.356 e. The molecule has 2 heterocycles. The zero-order valence-corrected chi connectivity index (χ0v) is 12.1. The summed E-state index contributed by atoms with van der Waals surface area (Å²) in [7, 11) is 0. The normalized spacial score (nSPS) is 16.9. The Morgan fingerprint density at radius 2 is 2.05 bits per heavy atom. The maximum absolute atomic E-state index is 11.3. The average molecular weight is 323 g/mol. The number of carbonyl (C=O) groups is 1. The zero-order chi connectivity index (χ0) is 13.4. The maximum atomic E-state index is 11.3. The third-order valence-corrected chi connectivity index (χ3v) is 4.27. The number of carboxylic acids is 1. The van der Waals surface area contributed by atoms with Gasteiger partial charge in [0, 0.05) is 16.6 Å². The molecule has 19 heavy (non-hydrogen) atoms. The molecule has 3 rings (SSSR count). The van der Waals surface area contributed by atoms with Gasteiger partial charge in [-0.05, 0) is 40.9 Å². The first-order chi connectivity index (χ1) is 9.16. The van der Waals surface area contributed by atoms with Gasteiger partial charge >= 0.3 is 5.97 Å². The highest BCUT2D eigenvalue weighted by Gasteiger charge is 2.24. The second-order valence-electron chi connectivity index (χ2n) is 5.06. The molecule has 100 valence electrons. The summed E-state index contributed by atoms with van der Waals surface area (Å²) in [6.45, 7) is 0. The molecule has 5 heteroatoms. The van der Waals surface area contributed by atoms with E-state index in [1.165, 1.54) is 19.3 Å². The molecule has 1 N–H and O–H groups in total.